The van der Waals surface area contributed by atoms with Gasteiger partial charge in [-0.2, -0.15) is 0 Å². The highest BCUT2D eigenvalue weighted by molar-refractivity contribution is 8.21. The van der Waals surface area contributed by atoms with Crippen LogP contribution in [0.25, 0.3) is 0 Å². The number of hydrogen-bond acceptors (Lipinski definition) is 3. The second kappa shape index (κ2) is 9.40. The molecular weight excluding hydrogens is 162 g/mol. The van der Waals surface area contributed by atoms with E-state index in [9.17, 15) is 0 Å². The van der Waals surface area contributed by atoms with Gasteiger partial charge in [-0.3, -0.25) is 0 Å². The van der Waals surface area contributed by atoms with Crippen molar-refractivity contribution in [1.82, 2.24) is 0 Å². The molecule has 0 radical (unpaired) electrons. The van der Waals surface area contributed by atoms with E-state index in [1.165, 1.54) is 17.9 Å². The molecular formula is C7H15NS2. The molecule has 0 saturated heterocycles. The number of hydrogen-bond donors (Lipinski definition) is 1. The van der Waals surface area contributed by atoms with Gasteiger partial charge in [0.2, 0.25) is 0 Å². The number of nitrogens with two attached hydrogens (primary N) is 1. The lowest BCUT2D eigenvalue weighted by atomic mass is 10.3. The van der Waals surface area contributed by atoms with Crippen LogP contribution in [0.15, 0.2) is 10.8 Å². The number of unbranched alkanes of at least 4 members (excludes halogenated alkanes) is 1. The molecule has 0 saturated carbocycles. The molecule has 0 aliphatic carbocycles. The van der Waals surface area contributed by atoms with Gasteiger partial charge in [-0.05, 0) is 23.8 Å². The van der Waals surface area contributed by atoms with Crippen molar-refractivity contribution in [3.8, 4) is 0 Å². The minimum absolute atomic E-state index is 0.844. The Hall–Kier alpha value is 0.400. The summed E-state index contributed by atoms with van der Waals surface area (Å²) in [5, 5.41) is 5.45. The summed E-state index contributed by atoms with van der Waals surface area (Å²) in [7, 11) is 0. The molecule has 1 aliphatic heterocycles. The standard InChI is InChI=1S/C4H11N.C3H4S2/c1-2-3-4-5;1-2-5-3-4-1/h2-5H2,1H3;1-2H,3H2. The highest BCUT2D eigenvalue weighted by atomic mass is 32.2. The van der Waals surface area contributed by atoms with Gasteiger partial charge < -0.3 is 5.73 Å². The van der Waals surface area contributed by atoms with Crippen molar-refractivity contribution in [1.29, 1.82) is 0 Å². The summed E-state index contributed by atoms with van der Waals surface area (Å²) >= 11 is 3.71. The van der Waals surface area contributed by atoms with E-state index in [4.69, 9.17) is 5.73 Å². The van der Waals surface area contributed by atoms with Crippen LogP contribution in [-0.4, -0.2) is 11.6 Å². The van der Waals surface area contributed by atoms with Crippen molar-refractivity contribution < 1.29 is 0 Å². The van der Waals surface area contributed by atoms with Crippen LogP contribution in [0.3, 0.4) is 0 Å². The van der Waals surface area contributed by atoms with E-state index in [1.807, 2.05) is 23.5 Å². The van der Waals surface area contributed by atoms with E-state index in [2.05, 4.69) is 17.7 Å². The molecule has 1 rings (SSSR count). The monoisotopic (exact) mass is 177 g/mol. The molecule has 0 aromatic carbocycles. The van der Waals surface area contributed by atoms with Crippen LogP contribution in [0.2, 0.25) is 0 Å². The Kier molecular flexibility index (Phi) is 9.78. The summed E-state index contributed by atoms with van der Waals surface area (Å²) in [6.45, 7) is 2.98. The average Bonchev–Trinajstić information content (AvgIpc) is 2.44. The lowest BCUT2D eigenvalue weighted by Gasteiger charge is -1.80. The van der Waals surface area contributed by atoms with Crippen molar-refractivity contribution >= 4 is 23.5 Å². The van der Waals surface area contributed by atoms with Gasteiger partial charge in [0.15, 0.2) is 0 Å². The van der Waals surface area contributed by atoms with Crippen molar-refractivity contribution in [3.63, 3.8) is 0 Å². The zero-order chi connectivity index (χ0) is 7.66. The van der Waals surface area contributed by atoms with Gasteiger partial charge in [-0.1, -0.05) is 13.3 Å². The van der Waals surface area contributed by atoms with Gasteiger partial charge in [0.25, 0.3) is 0 Å². The van der Waals surface area contributed by atoms with Crippen molar-refractivity contribution in [2.45, 2.75) is 19.8 Å². The second-order valence-electron chi connectivity index (χ2n) is 1.87. The van der Waals surface area contributed by atoms with E-state index in [0.29, 0.717) is 0 Å². The van der Waals surface area contributed by atoms with E-state index >= 15 is 0 Å². The molecule has 60 valence electrons. The van der Waals surface area contributed by atoms with Crippen molar-refractivity contribution in [3.05, 3.63) is 10.8 Å². The fourth-order valence-electron chi connectivity index (χ4n) is 0.401. The predicted molar refractivity (Wildman–Crippen MR) is 53.2 cm³/mol. The Balaban J connectivity index is 0.000000162. The summed E-state index contributed by atoms with van der Waals surface area (Å²) in [5.74, 6) is 0. The third kappa shape index (κ3) is 8.40. The normalized spacial score (nSPS) is 14.6. The maximum absolute atomic E-state index is 5.14. The van der Waals surface area contributed by atoms with Gasteiger partial charge >= 0.3 is 0 Å². The summed E-state index contributed by atoms with van der Waals surface area (Å²) in [6, 6.07) is 0. The minimum atomic E-state index is 0.844. The molecule has 2 N–H and O–H groups in total. The Morgan fingerprint density at radius 2 is 2.00 bits per heavy atom. The molecule has 3 heteroatoms. The Morgan fingerprint density at radius 1 is 1.40 bits per heavy atom. The SMILES string of the molecule is C1=CSCS1.CCCCN. The lowest BCUT2D eigenvalue weighted by Crippen LogP contribution is -1.95. The van der Waals surface area contributed by atoms with Gasteiger partial charge in [-0.25, -0.2) is 0 Å². The van der Waals surface area contributed by atoms with Crippen molar-refractivity contribution in [2.24, 2.45) is 5.73 Å². The average molecular weight is 177 g/mol. The third-order valence-electron chi connectivity index (χ3n) is 0.942. The van der Waals surface area contributed by atoms with Crippen LogP contribution in [0.1, 0.15) is 19.8 Å². The van der Waals surface area contributed by atoms with Gasteiger partial charge in [0, 0.05) is 5.08 Å². The van der Waals surface area contributed by atoms with Crippen LogP contribution in [0, 0.1) is 0 Å². The molecule has 0 fully saturated rings. The van der Waals surface area contributed by atoms with Gasteiger partial charge in [-0.15, -0.1) is 23.5 Å². The topological polar surface area (TPSA) is 26.0 Å². The van der Waals surface area contributed by atoms with Crippen LogP contribution >= 0.6 is 23.5 Å². The highest BCUT2D eigenvalue weighted by Gasteiger charge is 1.85. The first kappa shape index (κ1) is 10.4. The zero-order valence-electron chi connectivity index (χ0n) is 6.38. The zero-order valence-corrected chi connectivity index (χ0v) is 8.01. The quantitative estimate of drug-likeness (QED) is 0.702. The fourth-order valence-corrected chi connectivity index (χ4v) is 1.97. The summed E-state index contributed by atoms with van der Waals surface area (Å²) < 4.78 is 0. The van der Waals surface area contributed by atoms with E-state index in [-0.39, 0.29) is 0 Å². The Bertz CT molecular complexity index is 75.7. The molecule has 0 amide bonds. The molecule has 1 aliphatic rings. The van der Waals surface area contributed by atoms with Crippen LogP contribution in [0.5, 0.6) is 0 Å². The molecule has 0 aromatic heterocycles. The predicted octanol–water partition coefficient (Wildman–Crippen LogP) is 2.64. The Labute approximate surface area is 71.8 Å². The maximum Gasteiger partial charge on any atom is 0.0475 e. The van der Waals surface area contributed by atoms with Gasteiger partial charge in [0.1, 0.15) is 0 Å². The molecule has 0 unspecified atom stereocenters. The molecule has 1 nitrogen and oxygen atoms in total. The second-order valence-corrected chi connectivity index (χ2v) is 4.02. The highest BCUT2D eigenvalue weighted by Crippen LogP contribution is 2.22. The maximum atomic E-state index is 5.14. The van der Waals surface area contributed by atoms with Gasteiger partial charge in [0.05, 0.1) is 0 Å². The lowest BCUT2D eigenvalue weighted by molar-refractivity contribution is 0.807. The number of thioether (sulfide) groups is 2. The molecule has 10 heavy (non-hydrogen) atoms. The summed E-state index contributed by atoms with van der Waals surface area (Å²) in [4.78, 5) is 0. The van der Waals surface area contributed by atoms with E-state index in [0.717, 1.165) is 6.54 Å². The molecule has 1 heterocycles. The van der Waals surface area contributed by atoms with Crippen LogP contribution in [0.4, 0.5) is 0 Å². The first-order valence-electron chi connectivity index (χ1n) is 3.50. The van der Waals surface area contributed by atoms with E-state index in [1.54, 1.807) is 0 Å². The number of rotatable bonds is 2. The summed E-state index contributed by atoms with van der Waals surface area (Å²) in [5.41, 5.74) is 5.14. The third-order valence-corrected chi connectivity index (χ3v) is 2.86. The van der Waals surface area contributed by atoms with Crippen LogP contribution in [-0.2, 0) is 0 Å². The largest absolute Gasteiger partial charge is 0.330 e. The van der Waals surface area contributed by atoms with Crippen LogP contribution < -0.4 is 5.73 Å². The molecule has 0 spiro atoms. The van der Waals surface area contributed by atoms with E-state index < -0.39 is 0 Å². The molecule has 0 atom stereocenters. The first-order valence-corrected chi connectivity index (χ1v) is 5.59. The molecule has 0 aromatic rings. The minimum Gasteiger partial charge on any atom is -0.330 e. The smallest absolute Gasteiger partial charge is 0.0475 e. The van der Waals surface area contributed by atoms with Crippen molar-refractivity contribution in [2.75, 3.05) is 11.6 Å². The first-order chi connectivity index (χ1) is 4.91. The Morgan fingerprint density at radius 3 is 2.10 bits per heavy atom. The molecule has 0 bridgehead atoms. The summed E-state index contributed by atoms with van der Waals surface area (Å²) in [6.07, 6.45) is 2.39. The fraction of sp³-hybridized carbons (Fsp3) is 0.714.